The van der Waals surface area contributed by atoms with E-state index in [0.29, 0.717) is 23.6 Å². The minimum Gasteiger partial charge on any atom is -0.488 e. The van der Waals surface area contributed by atoms with E-state index in [2.05, 4.69) is 10.5 Å². The minimum absolute atomic E-state index is 0.101. The highest BCUT2D eigenvalue weighted by atomic mass is 16.5. The molecule has 5 nitrogen and oxygen atoms in total. The molecule has 0 aliphatic carbocycles. The maximum atomic E-state index is 12.2. The number of carbonyl (C=O) groups excluding carboxylic acids is 1. The molecule has 1 atom stereocenters. The molecule has 5 heteroatoms. The van der Waals surface area contributed by atoms with E-state index >= 15 is 0 Å². The van der Waals surface area contributed by atoms with Gasteiger partial charge in [0.15, 0.2) is 11.5 Å². The van der Waals surface area contributed by atoms with Gasteiger partial charge >= 0.3 is 0 Å². The molecule has 110 valence electrons. The van der Waals surface area contributed by atoms with E-state index in [0.717, 1.165) is 23.3 Å². The quantitative estimate of drug-likeness (QED) is 0.941. The Bertz CT molecular complexity index is 691. The number of benzene rings is 1. The Kier molecular flexibility index (Phi) is 3.41. The summed E-state index contributed by atoms with van der Waals surface area (Å²) in [4.78, 5) is 12.2. The predicted octanol–water partition coefficient (Wildman–Crippen LogP) is 3.07. The molecule has 0 unspecified atom stereocenters. The van der Waals surface area contributed by atoms with E-state index in [1.54, 1.807) is 0 Å². The van der Waals surface area contributed by atoms with Crippen LogP contribution < -0.4 is 10.1 Å². The summed E-state index contributed by atoms with van der Waals surface area (Å²) in [5, 5.41) is 6.85. The van der Waals surface area contributed by atoms with Crippen molar-refractivity contribution in [1.82, 2.24) is 10.5 Å². The SMILES string of the molecule is CC[C@H](C)NC(=O)c1noc2c1COc1ccc(C)cc1-2. The number of aryl methyl sites for hydroxylation is 1. The van der Waals surface area contributed by atoms with Gasteiger partial charge < -0.3 is 14.6 Å². The van der Waals surface area contributed by atoms with E-state index in [9.17, 15) is 4.79 Å². The highest BCUT2D eigenvalue weighted by Gasteiger charge is 2.29. The Morgan fingerprint density at radius 2 is 2.29 bits per heavy atom. The van der Waals surface area contributed by atoms with Gasteiger partial charge in [-0.2, -0.15) is 0 Å². The third-order valence-corrected chi connectivity index (χ3v) is 3.74. The van der Waals surface area contributed by atoms with Gasteiger partial charge in [-0.05, 0) is 32.4 Å². The van der Waals surface area contributed by atoms with Crippen LogP contribution in [0.15, 0.2) is 22.7 Å². The fraction of sp³-hybridized carbons (Fsp3) is 0.375. The second kappa shape index (κ2) is 5.24. The van der Waals surface area contributed by atoms with Crippen LogP contribution in [0.1, 0.15) is 41.9 Å². The molecule has 0 bridgehead atoms. The number of aromatic nitrogens is 1. The minimum atomic E-state index is -0.214. The lowest BCUT2D eigenvalue weighted by molar-refractivity contribution is 0.0928. The number of hydrogen-bond donors (Lipinski definition) is 1. The van der Waals surface area contributed by atoms with Gasteiger partial charge in [0.25, 0.3) is 5.91 Å². The number of rotatable bonds is 3. The van der Waals surface area contributed by atoms with Crippen LogP contribution in [-0.2, 0) is 6.61 Å². The lowest BCUT2D eigenvalue weighted by atomic mass is 10.0. The summed E-state index contributed by atoms with van der Waals surface area (Å²) >= 11 is 0. The van der Waals surface area contributed by atoms with Gasteiger partial charge in [0.05, 0.1) is 11.1 Å². The van der Waals surface area contributed by atoms with Gasteiger partial charge in [-0.25, -0.2) is 0 Å². The molecule has 0 radical (unpaired) electrons. The summed E-state index contributed by atoms with van der Waals surface area (Å²) in [6, 6.07) is 5.98. The van der Waals surface area contributed by atoms with Crippen LogP contribution in [0.2, 0.25) is 0 Å². The molecule has 21 heavy (non-hydrogen) atoms. The first-order valence-electron chi connectivity index (χ1n) is 7.13. The van der Waals surface area contributed by atoms with E-state index in [1.165, 1.54) is 0 Å². The molecule has 1 amide bonds. The van der Waals surface area contributed by atoms with Crippen molar-refractivity contribution < 1.29 is 14.1 Å². The van der Waals surface area contributed by atoms with Gasteiger partial charge in [0.1, 0.15) is 12.4 Å². The number of fused-ring (bicyclic) bond motifs is 3. The maximum absolute atomic E-state index is 12.2. The molecule has 2 aromatic rings. The predicted molar refractivity (Wildman–Crippen MR) is 78.2 cm³/mol. The highest BCUT2D eigenvalue weighted by molar-refractivity contribution is 5.95. The van der Waals surface area contributed by atoms with Crippen molar-refractivity contribution >= 4 is 5.91 Å². The van der Waals surface area contributed by atoms with E-state index in [4.69, 9.17) is 9.26 Å². The average molecular weight is 286 g/mol. The van der Waals surface area contributed by atoms with Crippen molar-refractivity contribution in [2.24, 2.45) is 0 Å². The zero-order chi connectivity index (χ0) is 15.0. The van der Waals surface area contributed by atoms with Crippen molar-refractivity contribution in [2.75, 3.05) is 0 Å². The molecule has 1 aliphatic rings. The molecule has 2 heterocycles. The Morgan fingerprint density at radius 3 is 3.05 bits per heavy atom. The molecule has 0 fully saturated rings. The number of hydrogen-bond acceptors (Lipinski definition) is 4. The number of nitrogens with one attached hydrogen (secondary N) is 1. The summed E-state index contributed by atoms with van der Waals surface area (Å²) < 4.78 is 11.1. The molecule has 1 N–H and O–H groups in total. The average Bonchev–Trinajstić information content (AvgIpc) is 2.91. The van der Waals surface area contributed by atoms with Gasteiger partial charge in [-0.3, -0.25) is 4.79 Å². The maximum Gasteiger partial charge on any atom is 0.274 e. The highest BCUT2D eigenvalue weighted by Crippen LogP contribution is 2.39. The van der Waals surface area contributed by atoms with Crippen LogP contribution in [0, 0.1) is 6.92 Å². The summed E-state index contributed by atoms with van der Waals surface area (Å²) in [6.07, 6.45) is 0.865. The zero-order valence-electron chi connectivity index (χ0n) is 12.4. The van der Waals surface area contributed by atoms with Crippen LogP contribution in [0.3, 0.4) is 0 Å². The normalized spacial score (nSPS) is 13.9. The summed E-state index contributed by atoms with van der Waals surface area (Å²) in [5.41, 5.74) is 2.99. The lowest BCUT2D eigenvalue weighted by Gasteiger charge is -2.17. The van der Waals surface area contributed by atoms with E-state index in [1.807, 2.05) is 39.0 Å². The first-order valence-corrected chi connectivity index (χ1v) is 7.13. The number of nitrogens with zero attached hydrogens (tertiary/aromatic N) is 1. The smallest absolute Gasteiger partial charge is 0.274 e. The molecule has 3 rings (SSSR count). The summed E-state index contributed by atoms with van der Waals surface area (Å²) in [6.45, 7) is 6.28. The number of carbonyl (C=O) groups is 1. The monoisotopic (exact) mass is 286 g/mol. The van der Waals surface area contributed by atoms with Crippen LogP contribution in [0.5, 0.6) is 5.75 Å². The van der Waals surface area contributed by atoms with Crippen molar-refractivity contribution in [1.29, 1.82) is 0 Å². The lowest BCUT2D eigenvalue weighted by Crippen LogP contribution is -2.33. The fourth-order valence-electron chi connectivity index (χ4n) is 2.32. The molecule has 0 saturated heterocycles. The Labute approximate surface area is 123 Å². The number of amides is 1. The molecule has 1 aromatic carbocycles. The van der Waals surface area contributed by atoms with Crippen LogP contribution >= 0.6 is 0 Å². The second-order valence-electron chi connectivity index (χ2n) is 5.41. The Balaban J connectivity index is 1.98. The third kappa shape index (κ3) is 2.39. The van der Waals surface area contributed by atoms with Crippen LogP contribution in [0.25, 0.3) is 11.3 Å². The summed E-state index contributed by atoms with van der Waals surface area (Å²) in [7, 11) is 0. The largest absolute Gasteiger partial charge is 0.488 e. The second-order valence-corrected chi connectivity index (χ2v) is 5.41. The third-order valence-electron chi connectivity index (χ3n) is 3.74. The van der Waals surface area contributed by atoms with Gasteiger partial charge in [-0.1, -0.05) is 23.7 Å². The Hall–Kier alpha value is -2.30. The van der Waals surface area contributed by atoms with Crippen LogP contribution in [0.4, 0.5) is 0 Å². The first kappa shape index (κ1) is 13.7. The van der Waals surface area contributed by atoms with Crippen molar-refractivity contribution in [3.8, 4) is 17.1 Å². The van der Waals surface area contributed by atoms with Crippen molar-refractivity contribution in [3.05, 3.63) is 35.0 Å². The molecular weight excluding hydrogens is 268 g/mol. The molecule has 1 aliphatic heterocycles. The van der Waals surface area contributed by atoms with Gasteiger partial charge in [-0.15, -0.1) is 0 Å². The van der Waals surface area contributed by atoms with Crippen molar-refractivity contribution in [3.63, 3.8) is 0 Å². The number of ether oxygens (including phenoxy) is 1. The standard InChI is InChI=1S/C16H18N2O3/c1-4-10(3)17-16(19)14-12-8-20-13-6-5-9(2)7-11(13)15(12)21-18-14/h5-7,10H,4,8H2,1-3H3,(H,17,19)/t10-/m0/s1. The Morgan fingerprint density at radius 1 is 1.48 bits per heavy atom. The fourth-order valence-corrected chi connectivity index (χ4v) is 2.32. The molecule has 0 saturated carbocycles. The topological polar surface area (TPSA) is 64.4 Å². The molecule has 1 aromatic heterocycles. The molecular formula is C16H18N2O3. The van der Waals surface area contributed by atoms with E-state index < -0.39 is 0 Å². The summed E-state index contributed by atoms with van der Waals surface area (Å²) in [5.74, 6) is 1.18. The van der Waals surface area contributed by atoms with Gasteiger partial charge in [0, 0.05) is 6.04 Å². The van der Waals surface area contributed by atoms with Crippen LogP contribution in [-0.4, -0.2) is 17.1 Å². The van der Waals surface area contributed by atoms with Crippen molar-refractivity contribution in [2.45, 2.75) is 39.8 Å². The molecule has 0 spiro atoms. The van der Waals surface area contributed by atoms with E-state index in [-0.39, 0.29) is 11.9 Å². The zero-order valence-corrected chi connectivity index (χ0v) is 12.4. The first-order chi connectivity index (χ1) is 10.1. The van der Waals surface area contributed by atoms with Gasteiger partial charge in [0.2, 0.25) is 0 Å².